The van der Waals surface area contributed by atoms with Gasteiger partial charge in [-0.2, -0.15) is 4.99 Å². The third kappa shape index (κ3) is 5.42. The summed E-state index contributed by atoms with van der Waals surface area (Å²) in [5.74, 6) is 0.140. The number of hydrogen-bond acceptors (Lipinski definition) is 6. The van der Waals surface area contributed by atoms with Gasteiger partial charge in [-0.15, -0.1) is 0 Å². The zero-order chi connectivity index (χ0) is 20.7. The number of para-hydroxylation sites is 1. The van der Waals surface area contributed by atoms with Crippen molar-refractivity contribution < 1.29 is 14.5 Å². The van der Waals surface area contributed by atoms with Crippen LogP contribution in [0.5, 0.6) is 11.5 Å². The van der Waals surface area contributed by atoms with Gasteiger partial charge in [-0.3, -0.25) is 10.1 Å². The Hall–Kier alpha value is -4.15. The van der Waals surface area contributed by atoms with Crippen molar-refractivity contribution in [3.63, 3.8) is 0 Å². The van der Waals surface area contributed by atoms with Crippen molar-refractivity contribution in [3.05, 3.63) is 58.1 Å². The van der Waals surface area contributed by atoms with E-state index in [1.54, 1.807) is 26.2 Å². The molecular formula is C17H19N7O4. The summed E-state index contributed by atoms with van der Waals surface area (Å²) in [6.07, 6.45) is 0. The highest BCUT2D eigenvalue weighted by Crippen LogP contribution is 2.28. The Bertz CT molecular complexity index is 966. The molecule has 0 aromatic heterocycles. The van der Waals surface area contributed by atoms with Crippen LogP contribution in [0.15, 0.2) is 57.6 Å². The van der Waals surface area contributed by atoms with E-state index in [4.69, 9.17) is 26.8 Å². The Morgan fingerprint density at radius 2 is 1.86 bits per heavy atom. The van der Waals surface area contributed by atoms with Crippen LogP contribution in [0.2, 0.25) is 0 Å². The van der Waals surface area contributed by atoms with Crippen molar-refractivity contribution in [2.24, 2.45) is 32.3 Å². The van der Waals surface area contributed by atoms with Crippen LogP contribution in [0.3, 0.4) is 0 Å². The number of ether oxygens (including phenoxy) is 1. The van der Waals surface area contributed by atoms with Crippen LogP contribution in [0.1, 0.15) is 12.5 Å². The van der Waals surface area contributed by atoms with E-state index in [-0.39, 0.29) is 29.0 Å². The second-order valence-corrected chi connectivity index (χ2v) is 5.42. The van der Waals surface area contributed by atoms with Crippen molar-refractivity contribution in [2.45, 2.75) is 6.92 Å². The molecule has 146 valence electrons. The molecular weight excluding hydrogens is 366 g/mol. The Morgan fingerprint density at radius 3 is 2.50 bits per heavy atom. The molecule has 2 rings (SSSR count). The van der Waals surface area contributed by atoms with Gasteiger partial charge in [0.05, 0.1) is 29.5 Å². The Kier molecular flexibility index (Phi) is 6.47. The molecule has 0 aliphatic rings. The van der Waals surface area contributed by atoms with Crippen LogP contribution >= 0.6 is 0 Å². The normalized spacial score (nSPS) is 11.6. The number of guanidine groups is 2. The number of nitro groups is 1. The lowest BCUT2D eigenvalue weighted by molar-refractivity contribution is -0.384. The lowest BCUT2D eigenvalue weighted by Crippen LogP contribution is -2.26. The maximum Gasteiger partial charge on any atom is 0.275 e. The highest BCUT2D eigenvalue weighted by molar-refractivity contribution is 6.00. The van der Waals surface area contributed by atoms with E-state index in [0.29, 0.717) is 17.0 Å². The molecule has 0 atom stereocenters. The van der Waals surface area contributed by atoms with Gasteiger partial charge in [-0.05, 0) is 19.1 Å². The number of oxime groups is 1. The van der Waals surface area contributed by atoms with Crippen molar-refractivity contribution in [3.8, 4) is 11.5 Å². The van der Waals surface area contributed by atoms with E-state index < -0.39 is 4.92 Å². The number of non-ortho nitro benzene ring substituents is 1. The maximum absolute atomic E-state index is 11.2. The van der Waals surface area contributed by atoms with Gasteiger partial charge in [0, 0.05) is 17.7 Å². The molecule has 0 bridgehead atoms. The molecule has 2 aromatic carbocycles. The zero-order valence-corrected chi connectivity index (χ0v) is 15.2. The fourth-order valence-corrected chi connectivity index (χ4v) is 2.19. The first kappa shape index (κ1) is 20.2. The molecule has 0 heterocycles. The minimum atomic E-state index is -0.598. The van der Waals surface area contributed by atoms with E-state index in [0.717, 1.165) is 0 Å². The van der Waals surface area contributed by atoms with Crippen LogP contribution < -0.4 is 26.8 Å². The van der Waals surface area contributed by atoms with E-state index in [1.807, 2.05) is 12.1 Å². The molecule has 0 fully saturated rings. The van der Waals surface area contributed by atoms with Crippen molar-refractivity contribution >= 4 is 29.0 Å². The fourth-order valence-electron chi connectivity index (χ4n) is 2.19. The van der Waals surface area contributed by atoms with Gasteiger partial charge < -0.3 is 26.8 Å². The third-order valence-corrected chi connectivity index (χ3v) is 3.36. The molecule has 0 radical (unpaired) electrons. The highest BCUT2D eigenvalue weighted by atomic mass is 16.6. The molecule has 2 aromatic rings. The first-order chi connectivity index (χ1) is 13.3. The number of benzene rings is 2. The van der Waals surface area contributed by atoms with Crippen molar-refractivity contribution in [1.29, 1.82) is 0 Å². The van der Waals surface area contributed by atoms with Gasteiger partial charge >= 0.3 is 0 Å². The monoisotopic (exact) mass is 385 g/mol. The van der Waals surface area contributed by atoms with E-state index >= 15 is 0 Å². The molecule has 0 aliphatic heterocycles. The maximum atomic E-state index is 11.2. The van der Waals surface area contributed by atoms with Crippen molar-refractivity contribution in [2.75, 3.05) is 7.11 Å². The Labute approximate surface area is 160 Å². The second kappa shape index (κ2) is 8.98. The summed E-state index contributed by atoms with van der Waals surface area (Å²) in [6, 6.07) is 11.0. The van der Waals surface area contributed by atoms with Gasteiger partial charge in [0.25, 0.3) is 5.69 Å². The van der Waals surface area contributed by atoms with Crippen LogP contribution in [-0.4, -0.2) is 29.7 Å². The molecule has 28 heavy (non-hydrogen) atoms. The second-order valence-electron chi connectivity index (χ2n) is 5.42. The smallest absolute Gasteiger partial charge is 0.275 e. The molecule has 0 unspecified atom stereocenters. The average Bonchev–Trinajstić information content (AvgIpc) is 2.65. The molecule has 0 spiro atoms. The number of nitrogens with zero attached hydrogens (tertiary/aromatic N) is 4. The van der Waals surface area contributed by atoms with Crippen LogP contribution in [-0.2, 0) is 0 Å². The summed E-state index contributed by atoms with van der Waals surface area (Å²) in [5.41, 5.74) is 17.1. The summed E-state index contributed by atoms with van der Waals surface area (Å²) < 4.78 is 5.27. The lowest BCUT2D eigenvalue weighted by Gasteiger charge is -2.07. The van der Waals surface area contributed by atoms with Crippen LogP contribution in [0.25, 0.3) is 0 Å². The molecule has 11 heteroatoms. The highest BCUT2D eigenvalue weighted by Gasteiger charge is 2.12. The number of nitrogens with two attached hydrogens (primary N) is 3. The lowest BCUT2D eigenvalue weighted by atomic mass is 10.1. The van der Waals surface area contributed by atoms with Gasteiger partial charge in [0.15, 0.2) is 11.7 Å². The quantitative estimate of drug-likeness (QED) is 0.293. The largest absolute Gasteiger partial charge is 0.496 e. The fraction of sp³-hybridized carbons (Fsp3) is 0.118. The minimum Gasteiger partial charge on any atom is -0.496 e. The number of methoxy groups -OCH3 is 1. The molecule has 0 aliphatic carbocycles. The standard InChI is InChI=1S/C17H19N7O4/c1-10(14-5-3-4-6-15(14)27-2)23-28-13-8-11(7-12(9-13)24(25)26)21-17(20)22-16(18)19/h3-9H,1-2H3,(H6,18,19,20,21,22). The first-order valence-corrected chi connectivity index (χ1v) is 7.88. The Balaban J connectivity index is 2.37. The summed E-state index contributed by atoms with van der Waals surface area (Å²) in [7, 11) is 1.54. The minimum absolute atomic E-state index is 0.0831. The number of hydrogen-bond donors (Lipinski definition) is 3. The summed E-state index contributed by atoms with van der Waals surface area (Å²) >= 11 is 0. The van der Waals surface area contributed by atoms with Gasteiger partial charge in [-0.25, -0.2) is 4.99 Å². The van der Waals surface area contributed by atoms with Gasteiger partial charge in [0.2, 0.25) is 5.96 Å². The molecule has 0 saturated heterocycles. The SMILES string of the molecule is COc1ccccc1C(C)=NOc1cc(N=C(N)N=C(N)N)cc([N+](=O)[O-])c1. The topological polar surface area (TPSA) is 177 Å². The number of aliphatic imine (C=N–C) groups is 2. The average molecular weight is 385 g/mol. The molecule has 6 N–H and O–H groups in total. The summed E-state index contributed by atoms with van der Waals surface area (Å²) in [6.45, 7) is 1.71. The number of nitro benzene ring substituents is 1. The van der Waals surface area contributed by atoms with Crippen molar-refractivity contribution in [1.82, 2.24) is 0 Å². The third-order valence-electron chi connectivity index (χ3n) is 3.36. The Morgan fingerprint density at radius 1 is 1.14 bits per heavy atom. The molecule has 11 nitrogen and oxygen atoms in total. The number of rotatable bonds is 6. The van der Waals surface area contributed by atoms with Crippen LogP contribution in [0, 0.1) is 10.1 Å². The summed E-state index contributed by atoms with van der Waals surface area (Å²) in [4.78, 5) is 23.4. The zero-order valence-electron chi connectivity index (χ0n) is 15.2. The van der Waals surface area contributed by atoms with Crippen LogP contribution in [0.4, 0.5) is 11.4 Å². The predicted molar refractivity (Wildman–Crippen MR) is 106 cm³/mol. The van der Waals surface area contributed by atoms with Gasteiger partial charge in [-0.1, -0.05) is 17.3 Å². The van der Waals surface area contributed by atoms with Gasteiger partial charge in [0.1, 0.15) is 5.75 Å². The molecule has 0 amide bonds. The van der Waals surface area contributed by atoms with E-state index in [1.165, 1.54) is 18.2 Å². The predicted octanol–water partition coefficient (Wildman–Crippen LogP) is 1.63. The first-order valence-electron chi connectivity index (χ1n) is 7.88. The molecule has 0 saturated carbocycles. The summed E-state index contributed by atoms with van der Waals surface area (Å²) in [5, 5.41) is 15.2. The van der Waals surface area contributed by atoms with E-state index in [9.17, 15) is 10.1 Å². The van der Waals surface area contributed by atoms with E-state index in [2.05, 4.69) is 15.1 Å².